The summed E-state index contributed by atoms with van der Waals surface area (Å²) in [6.07, 6.45) is -2.92. The molecule has 0 unspecified atom stereocenters. The van der Waals surface area contributed by atoms with Gasteiger partial charge >= 0.3 is 6.18 Å². The van der Waals surface area contributed by atoms with Crippen molar-refractivity contribution in [2.45, 2.75) is 51.6 Å². The van der Waals surface area contributed by atoms with Gasteiger partial charge in [-0.25, -0.2) is 4.68 Å². The van der Waals surface area contributed by atoms with Gasteiger partial charge in [-0.3, -0.25) is 4.90 Å². The monoisotopic (exact) mass is 499 g/mol. The van der Waals surface area contributed by atoms with Crippen LogP contribution in [0, 0.1) is 0 Å². The van der Waals surface area contributed by atoms with Gasteiger partial charge in [-0.2, -0.15) is 13.2 Å². The molecule has 36 heavy (non-hydrogen) atoms. The highest BCUT2D eigenvalue weighted by molar-refractivity contribution is 5.33. The second kappa shape index (κ2) is 10.1. The summed E-state index contributed by atoms with van der Waals surface area (Å²) in [7, 11) is 1.59. The number of benzene rings is 2. The fourth-order valence-electron chi connectivity index (χ4n) is 4.10. The van der Waals surface area contributed by atoms with E-state index in [0.717, 1.165) is 17.7 Å². The number of aromatic nitrogens is 4. The molecule has 0 aliphatic heterocycles. The Bertz CT molecular complexity index is 1280. The molecule has 2 aromatic carbocycles. The average molecular weight is 500 g/mol. The van der Waals surface area contributed by atoms with Crippen molar-refractivity contribution in [3.63, 3.8) is 0 Å². The van der Waals surface area contributed by atoms with Crippen LogP contribution in [-0.2, 0) is 24.8 Å². The summed E-state index contributed by atoms with van der Waals surface area (Å²) in [5, 5.41) is 12.4. The molecule has 1 atom stereocenters. The van der Waals surface area contributed by atoms with Crippen LogP contribution in [0.2, 0.25) is 0 Å². The standard InChI is InChI=1S/C26H28F3N5O2/c1-25(2,3)34-24(30-31-32-34)23(19-9-6-10-20(15-19)26(27,28)29)33(17-22-12-7-13-36-22)16-18-8-5-11-21(14-18)35-4/h5-15,23H,16-17H2,1-4H3/t23-/m1/s1. The van der Waals surface area contributed by atoms with E-state index in [4.69, 9.17) is 9.15 Å². The Morgan fingerprint density at radius 1 is 1.00 bits per heavy atom. The SMILES string of the molecule is COc1cccc(CN(Cc2ccco2)[C@H](c2cccc(C(F)(F)F)c2)c2nnnn2C(C)(C)C)c1. The van der Waals surface area contributed by atoms with Gasteiger partial charge in [0.2, 0.25) is 0 Å². The van der Waals surface area contributed by atoms with E-state index >= 15 is 0 Å². The Hall–Kier alpha value is -3.66. The number of halogens is 3. The number of rotatable bonds is 8. The lowest BCUT2D eigenvalue weighted by Crippen LogP contribution is -2.35. The highest BCUT2D eigenvalue weighted by atomic mass is 19.4. The molecule has 0 spiro atoms. The second-order valence-corrected chi connectivity index (χ2v) is 9.48. The van der Waals surface area contributed by atoms with E-state index in [1.165, 1.54) is 6.07 Å². The quantitative estimate of drug-likeness (QED) is 0.303. The number of methoxy groups -OCH3 is 1. The van der Waals surface area contributed by atoms with Gasteiger partial charge in [0.05, 0.1) is 37.1 Å². The summed E-state index contributed by atoms with van der Waals surface area (Å²) in [6.45, 7) is 6.50. The molecule has 7 nitrogen and oxygen atoms in total. The van der Waals surface area contributed by atoms with Crippen molar-refractivity contribution < 1.29 is 22.3 Å². The lowest BCUT2D eigenvalue weighted by atomic mass is 9.99. The van der Waals surface area contributed by atoms with E-state index < -0.39 is 23.3 Å². The molecule has 0 radical (unpaired) electrons. The van der Waals surface area contributed by atoms with E-state index in [9.17, 15) is 13.2 Å². The third-order valence-electron chi connectivity index (χ3n) is 5.73. The van der Waals surface area contributed by atoms with Gasteiger partial charge in [-0.05, 0) is 78.7 Å². The lowest BCUT2D eigenvalue weighted by Gasteiger charge is -2.33. The Labute approximate surface area is 207 Å². The van der Waals surface area contributed by atoms with Crippen LogP contribution >= 0.6 is 0 Å². The molecular formula is C26H28F3N5O2. The number of furan rings is 1. The van der Waals surface area contributed by atoms with Gasteiger partial charge in [-0.15, -0.1) is 5.10 Å². The van der Waals surface area contributed by atoms with Gasteiger partial charge < -0.3 is 9.15 Å². The second-order valence-electron chi connectivity index (χ2n) is 9.48. The lowest BCUT2D eigenvalue weighted by molar-refractivity contribution is -0.137. The first-order valence-electron chi connectivity index (χ1n) is 11.4. The highest BCUT2D eigenvalue weighted by Gasteiger charge is 2.35. The molecular weight excluding hydrogens is 471 g/mol. The zero-order valence-electron chi connectivity index (χ0n) is 20.5. The van der Waals surface area contributed by atoms with Gasteiger partial charge in [-0.1, -0.05) is 24.3 Å². The highest BCUT2D eigenvalue weighted by Crippen LogP contribution is 2.36. The van der Waals surface area contributed by atoms with Crippen molar-refractivity contribution in [2.75, 3.05) is 7.11 Å². The minimum Gasteiger partial charge on any atom is -0.497 e. The predicted molar refractivity (Wildman–Crippen MR) is 127 cm³/mol. The first-order valence-corrected chi connectivity index (χ1v) is 11.4. The number of hydrogen-bond donors (Lipinski definition) is 0. The maximum absolute atomic E-state index is 13.7. The van der Waals surface area contributed by atoms with Crippen LogP contribution in [-0.4, -0.2) is 32.2 Å². The Morgan fingerprint density at radius 2 is 1.78 bits per heavy atom. The molecule has 0 saturated carbocycles. The molecule has 0 aliphatic rings. The van der Waals surface area contributed by atoms with Crippen LogP contribution in [0.25, 0.3) is 0 Å². The van der Waals surface area contributed by atoms with E-state index in [2.05, 4.69) is 15.5 Å². The van der Waals surface area contributed by atoms with Crippen molar-refractivity contribution in [2.24, 2.45) is 0 Å². The van der Waals surface area contributed by atoms with Gasteiger partial charge in [0, 0.05) is 6.54 Å². The predicted octanol–water partition coefficient (Wildman–Crippen LogP) is 5.84. The van der Waals surface area contributed by atoms with Crippen LogP contribution in [0.15, 0.2) is 71.3 Å². The van der Waals surface area contributed by atoms with Gasteiger partial charge in [0.1, 0.15) is 11.5 Å². The fraction of sp³-hybridized carbons (Fsp3) is 0.346. The molecule has 0 N–H and O–H groups in total. The van der Waals surface area contributed by atoms with E-state index in [1.54, 1.807) is 30.2 Å². The van der Waals surface area contributed by atoms with Crippen molar-refractivity contribution in [3.05, 3.63) is 95.2 Å². The van der Waals surface area contributed by atoms with Crippen molar-refractivity contribution in [3.8, 4) is 5.75 Å². The summed E-state index contributed by atoms with van der Waals surface area (Å²) in [5.41, 5.74) is 0.0803. The molecule has 0 aliphatic carbocycles. The Morgan fingerprint density at radius 3 is 2.44 bits per heavy atom. The first-order chi connectivity index (χ1) is 17.1. The van der Waals surface area contributed by atoms with Crippen LogP contribution in [0.4, 0.5) is 13.2 Å². The van der Waals surface area contributed by atoms with Crippen LogP contribution < -0.4 is 4.74 Å². The van der Waals surface area contributed by atoms with Crippen molar-refractivity contribution >= 4 is 0 Å². The van der Waals surface area contributed by atoms with E-state index in [-0.39, 0.29) is 0 Å². The maximum atomic E-state index is 13.7. The largest absolute Gasteiger partial charge is 0.497 e. The number of hydrogen-bond acceptors (Lipinski definition) is 6. The van der Waals surface area contributed by atoms with Crippen molar-refractivity contribution in [1.82, 2.24) is 25.1 Å². The topological polar surface area (TPSA) is 69.2 Å². The maximum Gasteiger partial charge on any atom is 0.416 e. The van der Waals surface area contributed by atoms with Crippen LogP contribution in [0.1, 0.15) is 55.1 Å². The third-order valence-corrected chi connectivity index (χ3v) is 5.73. The molecule has 0 fully saturated rings. The number of nitrogens with zero attached hydrogens (tertiary/aromatic N) is 5. The number of tetrazole rings is 1. The summed E-state index contributed by atoms with van der Waals surface area (Å²) in [4.78, 5) is 2.00. The van der Waals surface area contributed by atoms with Crippen LogP contribution in [0.5, 0.6) is 5.75 Å². The van der Waals surface area contributed by atoms with E-state index in [1.807, 2.05) is 56.0 Å². The molecule has 0 amide bonds. The Kier molecular flexibility index (Phi) is 7.16. The fourth-order valence-corrected chi connectivity index (χ4v) is 4.10. The van der Waals surface area contributed by atoms with E-state index in [0.29, 0.717) is 36.0 Å². The zero-order valence-corrected chi connectivity index (χ0v) is 20.5. The minimum absolute atomic E-state index is 0.308. The van der Waals surface area contributed by atoms with Crippen molar-refractivity contribution in [1.29, 1.82) is 0 Å². The Balaban J connectivity index is 1.88. The number of alkyl halides is 3. The molecule has 4 rings (SSSR count). The normalized spacial score (nSPS) is 13.2. The van der Waals surface area contributed by atoms with Crippen LogP contribution in [0.3, 0.4) is 0 Å². The first kappa shape index (κ1) is 25.4. The number of ether oxygens (including phenoxy) is 1. The van der Waals surface area contributed by atoms with Gasteiger partial charge in [0.15, 0.2) is 5.82 Å². The summed E-state index contributed by atoms with van der Waals surface area (Å²) in [5.74, 6) is 1.77. The molecule has 2 heterocycles. The summed E-state index contributed by atoms with van der Waals surface area (Å²) < 4.78 is 53.7. The molecule has 0 bridgehead atoms. The molecule has 4 aromatic rings. The minimum atomic E-state index is -4.49. The summed E-state index contributed by atoms with van der Waals surface area (Å²) in [6, 6.07) is 15.7. The molecule has 2 aromatic heterocycles. The average Bonchev–Trinajstić information content (AvgIpc) is 3.51. The smallest absolute Gasteiger partial charge is 0.416 e. The zero-order chi connectivity index (χ0) is 25.9. The molecule has 10 heteroatoms. The third kappa shape index (κ3) is 5.76. The molecule has 190 valence electrons. The molecule has 0 saturated heterocycles. The summed E-state index contributed by atoms with van der Waals surface area (Å²) >= 11 is 0. The van der Waals surface area contributed by atoms with Gasteiger partial charge in [0.25, 0.3) is 0 Å².